The second-order valence-corrected chi connectivity index (χ2v) is 4.96. The number of phenolic OH excluding ortho intramolecular Hbond substituents is 1. The summed E-state index contributed by atoms with van der Waals surface area (Å²) >= 11 is 0. The third-order valence-corrected chi connectivity index (χ3v) is 3.62. The SMILES string of the molecule is Nc1ccc(O)cc1C(=O)N1CCCc2ccccc21. The van der Waals surface area contributed by atoms with Crippen molar-refractivity contribution in [2.45, 2.75) is 12.8 Å². The lowest BCUT2D eigenvalue weighted by Gasteiger charge is -2.29. The van der Waals surface area contributed by atoms with Gasteiger partial charge in [-0.1, -0.05) is 18.2 Å². The normalized spacial score (nSPS) is 13.9. The molecule has 0 aliphatic carbocycles. The molecule has 2 aromatic carbocycles. The number of amides is 1. The average molecular weight is 268 g/mol. The first kappa shape index (κ1) is 12.5. The Morgan fingerprint density at radius 3 is 2.85 bits per heavy atom. The first-order valence-electron chi connectivity index (χ1n) is 6.65. The predicted molar refractivity (Wildman–Crippen MR) is 79.0 cm³/mol. The number of hydrogen-bond acceptors (Lipinski definition) is 3. The molecular formula is C16H16N2O2. The summed E-state index contributed by atoms with van der Waals surface area (Å²) < 4.78 is 0. The summed E-state index contributed by atoms with van der Waals surface area (Å²) in [6.07, 6.45) is 1.91. The van der Waals surface area contributed by atoms with Crippen LogP contribution in [0.15, 0.2) is 42.5 Å². The first-order valence-corrected chi connectivity index (χ1v) is 6.65. The van der Waals surface area contributed by atoms with Gasteiger partial charge >= 0.3 is 0 Å². The largest absolute Gasteiger partial charge is 0.508 e. The highest BCUT2D eigenvalue weighted by atomic mass is 16.3. The minimum absolute atomic E-state index is 0.0489. The summed E-state index contributed by atoms with van der Waals surface area (Å²) in [4.78, 5) is 14.4. The Morgan fingerprint density at radius 2 is 2.00 bits per heavy atom. The van der Waals surface area contributed by atoms with Gasteiger partial charge in [0.05, 0.1) is 5.56 Å². The summed E-state index contributed by atoms with van der Waals surface area (Å²) in [5.74, 6) is -0.113. The molecule has 2 aromatic rings. The second kappa shape index (κ2) is 4.89. The van der Waals surface area contributed by atoms with Crippen LogP contribution in [0.4, 0.5) is 11.4 Å². The van der Waals surface area contributed by atoms with E-state index in [9.17, 15) is 9.90 Å². The van der Waals surface area contributed by atoms with Crippen LogP contribution >= 0.6 is 0 Å². The van der Waals surface area contributed by atoms with Gasteiger partial charge in [-0.2, -0.15) is 0 Å². The van der Waals surface area contributed by atoms with Crippen LogP contribution < -0.4 is 10.6 Å². The standard InChI is InChI=1S/C16H16N2O2/c17-14-8-7-12(19)10-13(14)16(20)18-9-3-5-11-4-1-2-6-15(11)18/h1-2,4,6-8,10,19H,3,5,9,17H2. The molecule has 4 nitrogen and oxygen atoms in total. The molecule has 1 amide bonds. The van der Waals surface area contributed by atoms with E-state index in [2.05, 4.69) is 0 Å². The van der Waals surface area contributed by atoms with E-state index >= 15 is 0 Å². The first-order chi connectivity index (χ1) is 9.66. The summed E-state index contributed by atoms with van der Waals surface area (Å²) in [5.41, 5.74) is 8.70. The number of hydrogen-bond donors (Lipinski definition) is 2. The van der Waals surface area contributed by atoms with E-state index in [4.69, 9.17) is 5.73 Å². The van der Waals surface area contributed by atoms with E-state index in [-0.39, 0.29) is 11.7 Å². The lowest BCUT2D eigenvalue weighted by molar-refractivity contribution is 0.0985. The zero-order valence-corrected chi connectivity index (χ0v) is 11.0. The maximum absolute atomic E-state index is 12.7. The third-order valence-electron chi connectivity index (χ3n) is 3.62. The number of carbonyl (C=O) groups is 1. The van der Waals surface area contributed by atoms with Gasteiger partial charge in [-0.3, -0.25) is 4.79 Å². The maximum Gasteiger partial charge on any atom is 0.260 e. The van der Waals surface area contributed by atoms with E-state index in [0.29, 0.717) is 17.8 Å². The molecular weight excluding hydrogens is 252 g/mol. The Kier molecular flexibility index (Phi) is 3.06. The van der Waals surface area contributed by atoms with Crippen molar-refractivity contribution in [3.63, 3.8) is 0 Å². The number of benzene rings is 2. The number of aryl methyl sites for hydroxylation is 1. The smallest absolute Gasteiger partial charge is 0.260 e. The quantitative estimate of drug-likeness (QED) is 0.617. The molecule has 0 fully saturated rings. The van der Waals surface area contributed by atoms with Gasteiger partial charge in [0.15, 0.2) is 0 Å². The predicted octanol–water partition coefficient (Wildman–Crippen LogP) is 2.57. The van der Waals surface area contributed by atoms with Crippen LogP contribution in [0.25, 0.3) is 0 Å². The topological polar surface area (TPSA) is 66.6 Å². The monoisotopic (exact) mass is 268 g/mol. The number of fused-ring (bicyclic) bond motifs is 1. The minimum Gasteiger partial charge on any atom is -0.508 e. The molecule has 0 saturated carbocycles. The van der Waals surface area contributed by atoms with Gasteiger partial charge in [0.1, 0.15) is 5.75 Å². The highest BCUT2D eigenvalue weighted by Gasteiger charge is 2.24. The Morgan fingerprint density at radius 1 is 1.20 bits per heavy atom. The van der Waals surface area contributed by atoms with Crippen LogP contribution in [0, 0.1) is 0 Å². The van der Waals surface area contributed by atoms with Crippen molar-refractivity contribution < 1.29 is 9.90 Å². The molecule has 20 heavy (non-hydrogen) atoms. The zero-order valence-electron chi connectivity index (χ0n) is 11.0. The van der Waals surface area contributed by atoms with E-state index in [1.54, 1.807) is 11.0 Å². The fourth-order valence-corrected chi connectivity index (χ4v) is 2.62. The van der Waals surface area contributed by atoms with Crippen molar-refractivity contribution in [3.05, 3.63) is 53.6 Å². The number of rotatable bonds is 1. The van der Waals surface area contributed by atoms with E-state index in [1.807, 2.05) is 24.3 Å². The van der Waals surface area contributed by atoms with Gasteiger partial charge in [0, 0.05) is 17.9 Å². The number of nitrogens with zero attached hydrogens (tertiary/aromatic N) is 1. The van der Waals surface area contributed by atoms with Crippen LogP contribution in [0.5, 0.6) is 5.75 Å². The van der Waals surface area contributed by atoms with Gasteiger partial charge < -0.3 is 15.7 Å². The average Bonchev–Trinajstić information content (AvgIpc) is 2.48. The fraction of sp³-hybridized carbons (Fsp3) is 0.188. The van der Waals surface area contributed by atoms with Gasteiger partial charge in [0.2, 0.25) is 0 Å². The summed E-state index contributed by atoms with van der Waals surface area (Å²) in [5, 5.41) is 9.55. The third kappa shape index (κ3) is 2.09. The number of nitrogen functional groups attached to an aromatic ring is 1. The Bertz CT molecular complexity index is 667. The molecule has 0 aromatic heterocycles. The highest BCUT2D eigenvalue weighted by Crippen LogP contribution is 2.29. The van der Waals surface area contributed by atoms with Crippen LogP contribution in [-0.4, -0.2) is 17.6 Å². The van der Waals surface area contributed by atoms with Gasteiger partial charge in [-0.15, -0.1) is 0 Å². The number of para-hydroxylation sites is 1. The zero-order chi connectivity index (χ0) is 14.1. The molecule has 1 heterocycles. The summed E-state index contributed by atoms with van der Waals surface area (Å²) in [6.45, 7) is 0.672. The molecule has 1 aliphatic heterocycles. The molecule has 0 spiro atoms. The molecule has 0 radical (unpaired) electrons. The van der Waals surface area contributed by atoms with Crippen molar-refractivity contribution in [2.75, 3.05) is 17.2 Å². The molecule has 3 rings (SSSR count). The number of phenols is 1. The molecule has 0 saturated heterocycles. The number of aromatic hydroxyl groups is 1. The second-order valence-electron chi connectivity index (χ2n) is 4.96. The van der Waals surface area contributed by atoms with Gasteiger partial charge in [0.25, 0.3) is 5.91 Å². The Hall–Kier alpha value is -2.49. The maximum atomic E-state index is 12.7. The van der Waals surface area contributed by atoms with Crippen molar-refractivity contribution in [1.29, 1.82) is 0 Å². The van der Waals surface area contributed by atoms with Crippen LogP contribution in [0.2, 0.25) is 0 Å². The number of carbonyl (C=O) groups excluding carboxylic acids is 1. The minimum atomic E-state index is -0.162. The molecule has 3 N–H and O–H groups in total. The van der Waals surface area contributed by atoms with Crippen LogP contribution in [0.1, 0.15) is 22.3 Å². The summed E-state index contributed by atoms with van der Waals surface area (Å²) in [6, 6.07) is 12.4. The summed E-state index contributed by atoms with van der Waals surface area (Å²) in [7, 11) is 0. The fourth-order valence-electron chi connectivity index (χ4n) is 2.62. The van der Waals surface area contributed by atoms with E-state index in [0.717, 1.165) is 18.5 Å². The van der Waals surface area contributed by atoms with Crippen molar-refractivity contribution in [3.8, 4) is 5.75 Å². The number of nitrogens with two attached hydrogens (primary N) is 1. The molecule has 1 aliphatic rings. The highest BCUT2D eigenvalue weighted by molar-refractivity contribution is 6.10. The van der Waals surface area contributed by atoms with Crippen molar-refractivity contribution >= 4 is 17.3 Å². The lowest BCUT2D eigenvalue weighted by Crippen LogP contribution is -2.35. The molecule has 0 atom stereocenters. The molecule has 102 valence electrons. The van der Waals surface area contributed by atoms with Gasteiger partial charge in [-0.25, -0.2) is 0 Å². The molecule has 0 bridgehead atoms. The Labute approximate surface area is 117 Å². The van der Waals surface area contributed by atoms with Crippen LogP contribution in [-0.2, 0) is 6.42 Å². The van der Waals surface area contributed by atoms with Gasteiger partial charge in [-0.05, 0) is 42.7 Å². The van der Waals surface area contributed by atoms with Crippen molar-refractivity contribution in [1.82, 2.24) is 0 Å². The lowest BCUT2D eigenvalue weighted by atomic mass is 10.0. The Balaban J connectivity index is 2.02. The number of anilines is 2. The van der Waals surface area contributed by atoms with E-state index < -0.39 is 0 Å². The molecule has 0 unspecified atom stereocenters. The van der Waals surface area contributed by atoms with Crippen molar-refractivity contribution in [2.24, 2.45) is 0 Å². The van der Waals surface area contributed by atoms with E-state index in [1.165, 1.54) is 17.7 Å². The molecule has 4 heteroatoms. The van der Waals surface area contributed by atoms with Crippen LogP contribution in [0.3, 0.4) is 0 Å².